The molecular formula is C22H13NO5S. The van der Waals surface area contributed by atoms with E-state index in [0.717, 1.165) is 5.39 Å². The average Bonchev–Trinajstić information content (AvgIpc) is 2.71. The summed E-state index contributed by atoms with van der Waals surface area (Å²) in [4.78, 5) is 24.2. The lowest BCUT2D eigenvalue weighted by Gasteiger charge is -2.18. The largest absolute Gasteiger partial charge is 0.378 e. The van der Waals surface area contributed by atoms with Gasteiger partial charge in [-0.1, -0.05) is 48.5 Å². The first-order chi connectivity index (χ1) is 13.9. The molecule has 4 aromatic rings. The van der Waals surface area contributed by atoms with Crippen LogP contribution in [0.5, 0.6) is 5.75 Å². The fraction of sp³-hybridized carbons (Fsp3) is 0. The van der Waals surface area contributed by atoms with Crippen LogP contribution in [0.15, 0.2) is 77.7 Å². The monoisotopic (exact) mass is 403 g/mol. The first-order valence-corrected chi connectivity index (χ1v) is 10.2. The molecule has 0 aromatic heterocycles. The molecule has 2 amide bonds. The molecule has 0 spiro atoms. The third-order valence-electron chi connectivity index (χ3n) is 4.90. The van der Waals surface area contributed by atoms with Crippen molar-refractivity contribution in [3.05, 3.63) is 83.9 Å². The summed E-state index contributed by atoms with van der Waals surface area (Å²) in [5.41, 5.74) is 0.453. The Kier molecular flexibility index (Phi) is 3.69. The van der Waals surface area contributed by atoms with E-state index in [2.05, 4.69) is 5.32 Å². The second kappa shape index (κ2) is 6.15. The van der Waals surface area contributed by atoms with Crippen LogP contribution in [-0.2, 0) is 10.1 Å². The topological polar surface area (TPSA) is 89.5 Å². The van der Waals surface area contributed by atoms with Crippen LogP contribution in [0.2, 0.25) is 0 Å². The van der Waals surface area contributed by atoms with Crippen molar-refractivity contribution in [1.29, 1.82) is 0 Å². The van der Waals surface area contributed by atoms with E-state index in [1.165, 1.54) is 12.1 Å². The Balaban J connectivity index is 1.67. The number of fused-ring (bicyclic) bond motifs is 1. The molecule has 0 atom stereocenters. The van der Waals surface area contributed by atoms with Gasteiger partial charge in [0.25, 0.3) is 11.8 Å². The molecule has 0 fully saturated rings. The highest BCUT2D eigenvalue weighted by Gasteiger charge is 2.28. The Morgan fingerprint density at radius 1 is 0.724 bits per heavy atom. The van der Waals surface area contributed by atoms with Gasteiger partial charge in [0.2, 0.25) is 0 Å². The quantitative estimate of drug-likeness (QED) is 0.417. The molecule has 1 aliphatic heterocycles. The molecular weight excluding hydrogens is 390 g/mol. The van der Waals surface area contributed by atoms with Gasteiger partial charge >= 0.3 is 10.1 Å². The molecule has 0 radical (unpaired) electrons. The van der Waals surface area contributed by atoms with Crippen molar-refractivity contribution in [2.45, 2.75) is 4.90 Å². The maximum Gasteiger partial charge on any atom is 0.339 e. The molecule has 29 heavy (non-hydrogen) atoms. The Hall–Kier alpha value is -3.71. The van der Waals surface area contributed by atoms with Crippen LogP contribution in [0, 0.1) is 0 Å². The fourth-order valence-electron chi connectivity index (χ4n) is 3.59. The molecule has 6 nitrogen and oxygen atoms in total. The van der Waals surface area contributed by atoms with E-state index in [-0.39, 0.29) is 16.2 Å². The highest BCUT2D eigenvalue weighted by molar-refractivity contribution is 7.87. The molecule has 142 valence electrons. The SMILES string of the molecule is O=C1NC(=O)c2cc(S(=O)(=O)Oc3cccc4ccccc34)cc3cccc1c23. The van der Waals surface area contributed by atoms with Gasteiger partial charge in [0, 0.05) is 21.9 Å². The molecule has 0 saturated heterocycles. The van der Waals surface area contributed by atoms with Crippen LogP contribution < -0.4 is 9.50 Å². The van der Waals surface area contributed by atoms with E-state index in [9.17, 15) is 18.0 Å². The van der Waals surface area contributed by atoms with E-state index in [1.807, 2.05) is 18.2 Å². The van der Waals surface area contributed by atoms with Crippen molar-refractivity contribution >= 4 is 43.5 Å². The normalized spacial score (nSPS) is 13.5. The van der Waals surface area contributed by atoms with Crippen molar-refractivity contribution in [1.82, 2.24) is 5.32 Å². The van der Waals surface area contributed by atoms with E-state index in [1.54, 1.807) is 42.5 Å². The van der Waals surface area contributed by atoms with Gasteiger partial charge in [-0.05, 0) is 35.0 Å². The zero-order valence-electron chi connectivity index (χ0n) is 14.9. The maximum atomic E-state index is 13.0. The third-order valence-corrected chi connectivity index (χ3v) is 6.12. The lowest BCUT2D eigenvalue weighted by atomic mass is 9.95. The molecule has 0 saturated carbocycles. The summed E-state index contributed by atoms with van der Waals surface area (Å²) in [7, 11) is -4.22. The minimum Gasteiger partial charge on any atom is -0.378 e. The number of benzene rings is 4. The molecule has 1 heterocycles. The van der Waals surface area contributed by atoms with Gasteiger partial charge in [0.15, 0.2) is 5.75 Å². The third kappa shape index (κ3) is 2.75. The van der Waals surface area contributed by atoms with Gasteiger partial charge in [-0.2, -0.15) is 8.42 Å². The first-order valence-electron chi connectivity index (χ1n) is 8.79. The van der Waals surface area contributed by atoms with Crippen LogP contribution in [0.25, 0.3) is 21.5 Å². The summed E-state index contributed by atoms with van der Waals surface area (Å²) < 4.78 is 31.4. The number of hydrogen-bond donors (Lipinski definition) is 1. The Labute approximate surface area is 165 Å². The van der Waals surface area contributed by atoms with Crippen molar-refractivity contribution < 1.29 is 22.2 Å². The lowest BCUT2D eigenvalue weighted by Crippen LogP contribution is -2.34. The molecule has 0 aliphatic carbocycles. The van der Waals surface area contributed by atoms with Crippen molar-refractivity contribution in [3.8, 4) is 5.75 Å². The number of carbonyl (C=O) groups is 2. The zero-order chi connectivity index (χ0) is 20.2. The number of amides is 2. The van der Waals surface area contributed by atoms with Crippen LogP contribution >= 0.6 is 0 Å². The summed E-state index contributed by atoms with van der Waals surface area (Å²) in [6, 6.07) is 20.0. The molecule has 4 aromatic carbocycles. The Bertz CT molecular complexity index is 1450. The number of nitrogens with one attached hydrogen (secondary N) is 1. The second-order valence-electron chi connectivity index (χ2n) is 6.67. The Morgan fingerprint density at radius 2 is 1.41 bits per heavy atom. The first kappa shape index (κ1) is 17.4. The molecule has 7 heteroatoms. The summed E-state index contributed by atoms with van der Waals surface area (Å²) in [6.45, 7) is 0. The standard InChI is InChI=1S/C22H13NO5S/c24-21-17-9-3-7-14-11-15(12-18(20(14)17)22(25)23-21)29(26,27)28-19-10-4-6-13-5-1-2-8-16(13)19/h1-12H,(H,23,24,25). The zero-order valence-corrected chi connectivity index (χ0v) is 15.7. The number of carbonyl (C=O) groups excluding carboxylic acids is 2. The highest BCUT2D eigenvalue weighted by Crippen LogP contribution is 2.32. The van der Waals surface area contributed by atoms with Crippen LogP contribution in [-0.4, -0.2) is 20.2 Å². The van der Waals surface area contributed by atoms with Crippen molar-refractivity contribution in [2.75, 3.05) is 0 Å². The summed E-state index contributed by atoms with van der Waals surface area (Å²) in [6.07, 6.45) is 0. The van der Waals surface area contributed by atoms with E-state index >= 15 is 0 Å². The van der Waals surface area contributed by atoms with E-state index < -0.39 is 21.9 Å². The predicted molar refractivity (Wildman–Crippen MR) is 108 cm³/mol. The smallest absolute Gasteiger partial charge is 0.339 e. The summed E-state index contributed by atoms with van der Waals surface area (Å²) in [5.74, 6) is -0.943. The fourth-order valence-corrected chi connectivity index (χ4v) is 4.60. The molecule has 1 N–H and O–H groups in total. The molecule has 5 rings (SSSR count). The van der Waals surface area contributed by atoms with Crippen LogP contribution in [0.4, 0.5) is 0 Å². The maximum absolute atomic E-state index is 13.0. The number of rotatable bonds is 3. The predicted octanol–water partition coefficient (Wildman–Crippen LogP) is 3.64. The minimum atomic E-state index is -4.22. The van der Waals surface area contributed by atoms with E-state index in [0.29, 0.717) is 21.7 Å². The number of imide groups is 1. The van der Waals surface area contributed by atoms with Gasteiger partial charge < -0.3 is 4.18 Å². The van der Waals surface area contributed by atoms with Gasteiger partial charge in [-0.15, -0.1) is 0 Å². The number of hydrogen-bond acceptors (Lipinski definition) is 5. The Morgan fingerprint density at radius 3 is 2.28 bits per heavy atom. The van der Waals surface area contributed by atoms with Crippen LogP contribution in [0.3, 0.4) is 0 Å². The highest BCUT2D eigenvalue weighted by atomic mass is 32.2. The van der Waals surface area contributed by atoms with Gasteiger partial charge in [0.1, 0.15) is 4.90 Å². The minimum absolute atomic E-state index is 0.123. The summed E-state index contributed by atoms with van der Waals surface area (Å²) >= 11 is 0. The second-order valence-corrected chi connectivity index (χ2v) is 8.22. The van der Waals surface area contributed by atoms with Gasteiger partial charge in [-0.25, -0.2) is 0 Å². The van der Waals surface area contributed by atoms with Crippen molar-refractivity contribution in [3.63, 3.8) is 0 Å². The molecule has 1 aliphatic rings. The summed E-state index contributed by atoms with van der Waals surface area (Å²) in [5, 5.41) is 4.65. The van der Waals surface area contributed by atoms with E-state index in [4.69, 9.17) is 4.18 Å². The molecule has 0 bridgehead atoms. The lowest BCUT2D eigenvalue weighted by molar-refractivity contribution is 0.0845. The van der Waals surface area contributed by atoms with Gasteiger partial charge in [-0.3, -0.25) is 14.9 Å². The van der Waals surface area contributed by atoms with Crippen molar-refractivity contribution in [2.24, 2.45) is 0 Å². The average molecular weight is 403 g/mol. The van der Waals surface area contributed by atoms with Crippen LogP contribution in [0.1, 0.15) is 20.7 Å². The van der Waals surface area contributed by atoms with Gasteiger partial charge in [0.05, 0.1) is 0 Å². The molecule has 0 unspecified atom stereocenters.